The normalized spacial score (nSPS) is 33.6. The molecule has 5 heteroatoms. The van der Waals surface area contributed by atoms with E-state index in [4.69, 9.17) is 0 Å². The minimum Gasteiger partial charge on any atom is -0.385 e. The van der Waals surface area contributed by atoms with Crippen molar-refractivity contribution in [3.63, 3.8) is 0 Å². The Hall–Kier alpha value is -1.62. The van der Waals surface area contributed by atoms with Gasteiger partial charge in [-0.2, -0.15) is 13.2 Å². The lowest BCUT2D eigenvalue weighted by atomic mass is 9.56. The van der Waals surface area contributed by atoms with Gasteiger partial charge < -0.3 is 5.11 Å². The van der Waals surface area contributed by atoms with Crippen molar-refractivity contribution < 1.29 is 22.7 Å². The molecular formula is C19H20F4O. The predicted molar refractivity (Wildman–Crippen MR) is 83.9 cm³/mol. The van der Waals surface area contributed by atoms with E-state index in [9.17, 15) is 22.7 Å². The Morgan fingerprint density at radius 1 is 1.08 bits per heavy atom. The van der Waals surface area contributed by atoms with Crippen molar-refractivity contribution in [3.05, 3.63) is 60.0 Å². The molecule has 1 unspecified atom stereocenters. The summed E-state index contributed by atoms with van der Waals surface area (Å²) in [7, 11) is 0. The van der Waals surface area contributed by atoms with Crippen molar-refractivity contribution in [1.82, 2.24) is 0 Å². The number of benzene rings is 1. The van der Waals surface area contributed by atoms with Gasteiger partial charge in [0.2, 0.25) is 0 Å². The molecule has 0 heterocycles. The first-order valence-corrected chi connectivity index (χ1v) is 8.16. The van der Waals surface area contributed by atoms with Crippen LogP contribution >= 0.6 is 0 Å². The van der Waals surface area contributed by atoms with E-state index in [1.165, 1.54) is 12.1 Å². The van der Waals surface area contributed by atoms with Gasteiger partial charge in [0.1, 0.15) is 5.82 Å². The van der Waals surface area contributed by atoms with Gasteiger partial charge in [-0.15, -0.1) is 0 Å². The number of allylic oxidation sites excluding steroid dienone is 2. The number of hydrogen-bond donors (Lipinski definition) is 1. The molecule has 24 heavy (non-hydrogen) atoms. The first-order chi connectivity index (χ1) is 11.3. The molecule has 0 amide bonds. The molecule has 0 spiro atoms. The molecular weight excluding hydrogens is 320 g/mol. The van der Waals surface area contributed by atoms with Gasteiger partial charge in [-0.05, 0) is 49.8 Å². The molecule has 3 rings (SSSR count). The van der Waals surface area contributed by atoms with E-state index in [0.717, 1.165) is 0 Å². The zero-order chi connectivity index (χ0) is 17.4. The molecule has 2 aliphatic rings. The van der Waals surface area contributed by atoms with Crippen LogP contribution in [-0.4, -0.2) is 16.9 Å². The van der Waals surface area contributed by atoms with E-state index in [-0.39, 0.29) is 25.7 Å². The summed E-state index contributed by atoms with van der Waals surface area (Å²) in [5, 5.41) is 11.2. The van der Waals surface area contributed by atoms with Crippen LogP contribution in [-0.2, 0) is 5.41 Å². The van der Waals surface area contributed by atoms with E-state index < -0.39 is 28.9 Å². The second-order valence-corrected chi connectivity index (χ2v) is 6.82. The van der Waals surface area contributed by atoms with Crippen molar-refractivity contribution in [2.75, 3.05) is 0 Å². The molecule has 1 nitrogen and oxygen atoms in total. The number of alkyl halides is 3. The van der Waals surface area contributed by atoms with Crippen molar-refractivity contribution >= 4 is 0 Å². The third-order valence-corrected chi connectivity index (χ3v) is 5.56. The number of hydrogen-bond acceptors (Lipinski definition) is 1. The van der Waals surface area contributed by atoms with Crippen molar-refractivity contribution in [2.24, 2.45) is 5.92 Å². The Morgan fingerprint density at radius 3 is 2.33 bits per heavy atom. The highest BCUT2D eigenvalue weighted by Crippen LogP contribution is 2.53. The Balaban J connectivity index is 2.01. The molecule has 0 bridgehead atoms. The lowest BCUT2D eigenvalue weighted by Gasteiger charge is -2.50. The van der Waals surface area contributed by atoms with Gasteiger partial charge in [0.15, 0.2) is 0 Å². The molecule has 1 aromatic rings. The molecule has 1 aromatic carbocycles. The summed E-state index contributed by atoms with van der Waals surface area (Å²) < 4.78 is 52.9. The van der Waals surface area contributed by atoms with Crippen LogP contribution in [0.3, 0.4) is 0 Å². The van der Waals surface area contributed by atoms with E-state index >= 15 is 0 Å². The van der Waals surface area contributed by atoms with E-state index in [1.54, 1.807) is 36.4 Å². The number of rotatable bonds is 2. The fraction of sp³-hybridized carbons (Fsp3) is 0.474. The highest BCUT2D eigenvalue weighted by Gasteiger charge is 2.54. The molecule has 2 aliphatic carbocycles. The minimum absolute atomic E-state index is 0.0557. The first-order valence-electron chi connectivity index (χ1n) is 8.16. The van der Waals surface area contributed by atoms with Crippen LogP contribution in [0.1, 0.15) is 37.7 Å². The lowest BCUT2D eigenvalue weighted by molar-refractivity contribution is -0.189. The van der Waals surface area contributed by atoms with Gasteiger partial charge in [-0.1, -0.05) is 36.4 Å². The van der Waals surface area contributed by atoms with Crippen LogP contribution in [0.2, 0.25) is 0 Å². The quantitative estimate of drug-likeness (QED) is 0.746. The second-order valence-electron chi connectivity index (χ2n) is 6.82. The maximum absolute atomic E-state index is 13.8. The maximum Gasteiger partial charge on any atom is 0.391 e. The standard InChI is InChI=1S/C19H20F4O/c20-16-6-4-5-15(13-16)17(18(24)9-2-1-3-10-18)11-7-14(8-12-17)19(21,22)23/h1-6,9,13-14,24H,7-8,10-12H2/t14-,17+,18?. The third kappa shape index (κ3) is 2.90. The molecule has 0 saturated heterocycles. The highest BCUT2D eigenvalue weighted by atomic mass is 19.4. The monoisotopic (exact) mass is 340 g/mol. The molecule has 0 aliphatic heterocycles. The predicted octanol–water partition coefficient (Wildman–Crippen LogP) is 5.06. The van der Waals surface area contributed by atoms with Crippen LogP contribution in [0.15, 0.2) is 48.6 Å². The van der Waals surface area contributed by atoms with E-state index in [0.29, 0.717) is 12.0 Å². The first kappa shape index (κ1) is 17.2. The fourth-order valence-corrected chi connectivity index (χ4v) is 4.16. The molecule has 1 fully saturated rings. The lowest BCUT2D eigenvalue weighted by Crippen LogP contribution is -2.53. The maximum atomic E-state index is 13.8. The number of halogens is 4. The summed E-state index contributed by atoms with van der Waals surface area (Å²) in [5.74, 6) is -1.80. The molecule has 1 atom stereocenters. The molecule has 1 saturated carbocycles. The summed E-state index contributed by atoms with van der Waals surface area (Å²) in [6, 6.07) is 5.91. The zero-order valence-electron chi connectivity index (χ0n) is 13.2. The SMILES string of the molecule is OC1([C@]2(c3cccc(F)c3)CC[C@H](C(F)(F)F)CC2)C=CC=CC1. The van der Waals surface area contributed by atoms with Gasteiger partial charge in [0.05, 0.1) is 11.5 Å². The van der Waals surface area contributed by atoms with Gasteiger partial charge in [0, 0.05) is 5.41 Å². The summed E-state index contributed by atoms with van der Waals surface area (Å²) in [4.78, 5) is 0. The average Bonchev–Trinajstić information content (AvgIpc) is 2.54. The largest absolute Gasteiger partial charge is 0.391 e. The average molecular weight is 340 g/mol. The smallest absolute Gasteiger partial charge is 0.385 e. The number of aliphatic hydroxyl groups is 1. The van der Waals surface area contributed by atoms with Crippen LogP contribution in [0.4, 0.5) is 17.6 Å². The molecule has 130 valence electrons. The van der Waals surface area contributed by atoms with Gasteiger partial charge in [0.25, 0.3) is 0 Å². The van der Waals surface area contributed by atoms with Crippen LogP contribution in [0.5, 0.6) is 0 Å². The second kappa shape index (κ2) is 6.03. The third-order valence-electron chi connectivity index (χ3n) is 5.56. The van der Waals surface area contributed by atoms with Crippen LogP contribution in [0, 0.1) is 11.7 Å². The Morgan fingerprint density at radius 2 is 1.79 bits per heavy atom. The van der Waals surface area contributed by atoms with Gasteiger partial charge >= 0.3 is 6.18 Å². The van der Waals surface area contributed by atoms with Crippen molar-refractivity contribution in [3.8, 4) is 0 Å². The Bertz CT molecular complexity index is 654. The summed E-state index contributed by atoms with van der Waals surface area (Å²) in [5.41, 5.74) is -1.63. The Labute approximate surface area is 138 Å². The topological polar surface area (TPSA) is 20.2 Å². The van der Waals surface area contributed by atoms with Crippen LogP contribution in [0.25, 0.3) is 0 Å². The van der Waals surface area contributed by atoms with E-state index in [2.05, 4.69) is 0 Å². The van der Waals surface area contributed by atoms with Gasteiger partial charge in [-0.3, -0.25) is 0 Å². The summed E-state index contributed by atoms with van der Waals surface area (Å²) in [6.07, 6.45) is 3.29. The molecule has 1 N–H and O–H groups in total. The highest BCUT2D eigenvalue weighted by molar-refractivity contribution is 5.37. The Kier molecular flexibility index (Phi) is 4.32. The minimum atomic E-state index is -4.22. The van der Waals surface area contributed by atoms with Crippen molar-refractivity contribution in [1.29, 1.82) is 0 Å². The molecule has 0 radical (unpaired) electrons. The zero-order valence-corrected chi connectivity index (χ0v) is 13.2. The fourth-order valence-electron chi connectivity index (χ4n) is 4.16. The summed E-state index contributed by atoms with van der Waals surface area (Å²) >= 11 is 0. The van der Waals surface area contributed by atoms with Gasteiger partial charge in [-0.25, -0.2) is 4.39 Å². The summed E-state index contributed by atoms with van der Waals surface area (Å²) in [6.45, 7) is 0. The van der Waals surface area contributed by atoms with E-state index in [1.807, 2.05) is 0 Å². The van der Waals surface area contributed by atoms with Crippen LogP contribution < -0.4 is 0 Å². The van der Waals surface area contributed by atoms with Crippen molar-refractivity contribution in [2.45, 2.75) is 49.3 Å². The molecule has 0 aromatic heterocycles.